The lowest BCUT2D eigenvalue weighted by Gasteiger charge is -2.38. The van der Waals surface area contributed by atoms with E-state index in [1.807, 2.05) is 19.1 Å². The monoisotopic (exact) mass is 573 g/mol. The highest BCUT2D eigenvalue weighted by Gasteiger charge is 2.77. The summed E-state index contributed by atoms with van der Waals surface area (Å²) in [5.41, 5.74) is 1.48. The van der Waals surface area contributed by atoms with E-state index >= 15 is 0 Å². The predicted octanol–water partition coefficient (Wildman–Crippen LogP) is 4.46. The fourth-order valence-electron chi connectivity index (χ4n) is 6.95. The van der Waals surface area contributed by atoms with Crippen LogP contribution in [0.15, 0.2) is 43.5 Å². The molecule has 1 aromatic rings. The zero-order valence-electron chi connectivity index (χ0n) is 23.2. The van der Waals surface area contributed by atoms with E-state index in [-0.39, 0.29) is 30.9 Å². The van der Waals surface area contributed by atoms with Crippen LogP contribution in [0.5, 0.6) is 0 Å². The maximum Gasteiger partial charge on any atom is 0.251 e. The molecule has 3 fully saturated rings. The molecule has 3 amide bonds. The van der Waals surface area contributed by atoms with E-state index < -0.39 is 27.4 Å². The normalized spacial score (nSPS) is 28.9. The number of carbonyl (C=O) groups is 3. The van der Waals surface area contributed by atoms with Gasteiger partial charge in [0.25, 0.3) is 5.91 Å². The molecule has 1 aromatic carbocycles. The van der Waals surface area contributed by atoms with Crippen LogP contribution in [0.3, 0.4) is 0 Å². The third-order valence-corrected chi connectivity index (χ3v) is 10.9. The molecule has 1 N–H and O–H groups in total. The number of hydrogen-bond donors (Lipinski definition) is 1. The molecule has 7 nitrogen and oxygen atoms in total. The molecule has 0 aromatic heterocycles. The first-order valence-electron chi connectivity index (χ1n) is 13.7. The number of amides is 3. The van der Waals surface area contributed by atoms with Gasteiger partial charge in [-0.25, -0.2) is 0 Å². The van der Waals surface area contributed by atoms with E-state index in [4.69, 9.17) is 11.6 Å². The number of benzene rings is 1. The summed E-state index contributed by atoms with van der Waals surface area (Å²) in [6, 6.07) is 4.81. The molecule has 212 valence electrons. The summed E-state index contributed by atoms with van der Waals surface area (Å²) >= 11 is 8.31. The first-order chi connectivity index (χ1) is 18.6. The highest BCUT2D eigenvalue weighted by molar-refractivity contribution is 8.02. The molecule has 2 unspecified atom stereocenters. The van der Waals surface area contributed by atoms with Gasteiger partial charge in [-0.1, -0.05) is 35.9 Å². The lowest BCUT2D eigenvalue weighted by molar-refractivity contribution is -0.144. The van der Waals surface area contributed by atoms with Crippen molar-refractivity contribution in [1.82, 2.24) is 9.80 Å². The number of rotatable bonds is 12. The SMILES string of the molecule is C=CCN(C)C(=O)[C@H]1[C@H]2C(=O)N(CCCCCO)C(C(=O)N(CC=C)c3c(C)cccc3Cl)C23CC[C@]1(C)S3. The van der Waals surface area contributed by atoms with E-state index in [9.17, 15) is 19.5 Å². The van der Waals surface area contributed by atoms with Crippen molar-refractivity contribution in [3.8, 4) is 0 Å². The number of likely N-dealkylation sites (tertiary alicyclic amines) is 1. The van der Waals surface area contributed by atoms with Crippen LogP contribution in [0, 0.1) is 18.8 Å². The lowest BCUT2D eigenvalue weighted by atomic mass is 9.66. The minimum absolute atomic E-state index is 0.0666. The van der Waals surface area contributed by atoms with Gasteiger partial charge in [0.05, 0.1) is 27.3 Å². The molecule has 3 aliphatic heterocycles. The second-order valence-corrected chi connectivity index (χ2v) is 13.5. The minimum Gasteiger partial charge on any atom is -0.396 e. The number of aryl methyl sites for hydroxylation is 1. The van der Waals surface area contributed by atoms with Crippen LogP contribution in [0.25, 0.3) is 0 Å². The Labute approximate surface area is 241 Å². The van der Waals surface area contributed by atoms with Gasteiger partial charge in [-0.05, 0) is 57.6 Å². The number of thioether (sulfide) groups is 1. The van der Waals surface area contributed by atoms with Crippen LogP contribution in [0.4, 0.5) is 5.69 Å². The zero-order chi connectivity index (χ0) is 28.5. The number of para-hydroxylation sites is 1. The fraction of sp³-hybridized carbons (Fsp3) is 0.567. The van der Waals surface area contributed by atoms with Crippen molar-refractivity contribution in [1.29, 1.82) is 0 Å². The van der Waals surface area contributed by atoms with Gasteiger partial charge < -0.3 is 19.8 Å². The number of nitrogens with zero attached hydrogens (tertiary/aromatic N) is 3. The summed E-state index contributed by atoms with van der Waals surface area (Å²) in [6.45, 7) is 12.8. The summed E-state index contributed by atoms with van der Waals surface area (Å²) < 4.78 is -1.14. The number of likely N-dealkylation sites (N-methyl/N-ethyl adjacent to an activating group) is 1. The Hall–Kier alpha value is -2.29. The molecule has 3 heterocycles. The maximum absolute atomic E-state index is 14.7. The molecule has 9 heteroatoms. The minimum atomic E-state index is -0.728. The molecule has 0 aliphatic carbocycles. The molecule has 0 radical (unpaired) electrons. The fourth-order valence-corrected chi connectivity index (χ4v) is 9.61. The van der Waals surface area contributed by atoms with Crippen molar-refractivity contribution in [2.24, 2.45) is 11.8 Å². The van der Waals surface area contributed by atoms with Crippen LogP contribution in [-0.4, -0.2) is 81.5 Å². The van der Waals surface area contributed by atoms with Crippen LogP contribution < -0.4 is 4.90 Å². The van der Waals surface area contributed by atoms with E-state index in [1.165, 1.54) is 0 Å². The molecule has 5 atom stereocenters. The second-order valence-electron chi connectivity index (χ2n) is 11.2. The lowest BCUT2D eigenvalue weighted by Crippen LogP contribution is -2.55. The number of anilines is 1. The molecular formula is C30H40ClN3O4S. The molecule has 39 heavy (non-hydrogen) atoms. The van der Waals surface area contributed by atoms with Crippen molar-refractivity contribution in [2.45, 2.75) is 61.5 Å². The summed E-state index contributed by atoms with van der Waals surface area (Å²) in [5.74, 6) is -1.46. The Kier molecular flexibility index (Phi) is 8.89. The third kappa shape index (κ3) is 4.93. The Morgan fingerprint density at radius 1 is 1.18 bits per heavy atom. The number of aliphatic hydroxyl groups is 1. The second kappa shape index (κ2) is 11.7. The summed E-state index contributed by atoms with van der Waals surface area (Å²) in [4.78, 5) is 47.8. The number of unbranched alkanes of at least 4 members (excludes halogenated alkanes) is 2. The van der Waals surface area contributed by atoms with Crippen LogP contribution in [-0.2, 0) is 14.4 Å². The third-order valence-electron chi connectivity index (χ3n) is 8.65. The van der Waals surface area contributed by atoms with E-state index in [2.05, 4.69) is 20.1 Å². The Morgan fingerprint density at radius 3 is 2.54 bits per heavy atom. The Balaban J connectivity index is 1.80. The van der Waals surface area contributed by atoms with Crippen molar-refractivity contribution < 1.29 is 19.5 Å². The van der Waals surface area contributed by atoms with Gasteiger partial charge in [-0.3, -0.25) is 14.4 Å². The molecule has 2 bridgehead atoms. The molecule has 1 spiro atoms. The molecule has 3 saturated heterocycles. The van der Waals surface area contributed by atoms with Crippen molar-refractivity contribution in [3.05, 3.63) is 54.1 Å². The van der Waals surface area contributed by atoms with Crippen molar-refractivity contribution in [2.75, 3.05) is 38.2 Å². The number of hydrogen-bond acceptors (Lipinski definition) is 5. The van der Waals surface area contributed by atoms with Crippen molar-refractivity contribution in [3.63, 3.8) is 0 Å². The van der Waals surface area contributed by atoms with Gasteiger partial charge >= 0.3 is 0 Å². The van der Waals surface area contributed by atoms with Gasteiger partial charge in [-0.15, -0.1) is 24.9 Å². The standard InChI is InChI=1S/C30H40ClN3O4S/c1-6-16-32(5)26(36)22-23-27(37)34(18-9-8-10-19-35)25(30(23)15-14-29(22,4)39-30)28(38)33(17-7-2)24-20(3)12-11-13-21(24)31/h6-7,11-13,22-23,25,35H,1-2,8-10,14-19H2,3-5H3/t22-,23+,25?,29+,30?/m1/s1. The van der Waals surface area contributed by atoms with Gasteiger partial charge in [0.2, 0.25) is 11.8 Å². The maximum atomic E-state index is 14.7. The van der Waals surface area contributed by atoms with Crippen LogP contribution in [0.2, 0.25) is 5.02 Å². The largest absolute Gasteiger partial charge is 0.396 e. The molecule has 0 saturated carbocycles. The topological polar surface area (TPSA) is 81.2 Å². The molecule has 3 aliphatic rings. The smallest absolute Gasteiger partial charge is 0.251 e. The van der Waals surface area contributed by atoms with E-state index in [0.29, 0.717) is 43.1 Å². The average Bonchev–Trinajstić information content (AvgIpc) is 3.46. The Bertz CT molecular complexity index is 1140. The molecular weight excluding hydrogens is 534 g/mol. The first-order valence-corrected chi connectivity index (χ1v) is 14.9. The highest BCUT2D eigenvalue weighted by Crippen LogP contribution is 2.71. The number of halogens is 1. The number of carbonyl (C=O) groups excluding carboxylic acids is 3. The van der Waals surface area contributed by atoms with Crippen LogP contribution >= 0.6 is 23.4 Å². The van der Waals surface area contributed by atoms with E-state index in [1.54, 1.807) is 51.7 Å². The molecule has 4 rings (SSSR count). The van der Waals surface area contributed by atoms with Gasteiger partial charge in [0, 0.05) is 38.0 Å². The van der Waals surface area contributed by atoms with Gasteiger partial charge in [0.15, 0.2) is 0 Å². The Morgan fingerprint density at radius 2 is 1.90 bits per heavy atom. The predicted molar refractivity (Wildman–Crippen MR) is 158 cm³/mol. The quantitative estimate of drug-likeness (QED) is 0.295. The van der Waals surface area contributed by atoms with Crippen LogP contribution in [0.1, 0.15) is 44.6 Å². The highest BCUT2D eigenvalue weighted by atomic mass is 35.5. The van der Waals surface area contributed by atoms with E-state index in [0.717, 1.165) is 18.4 Å². The summed E-state index contributed by atoms with van der Waals surface area (Å²) in [6.07, 6.45) is 6.86. The number of aliphatic hydroxyl groups excluding tert-OH is 1. The zero-order valence-corrected chi connectivity index (χ0v) is 24.8. The first kappa shape index (κ1) is 29.7. The van der Waals surface area contributed by atoms with Gasteiger partial charge in [-0.2, -0.15) is 0 Å². The summed E-state index contributed by atoms with van der Waals surface area (Å²) in [5, 5.41) is 9.75. The summed E-state index contributed by atoms with van der Waals surface area (Å²) in [7, 11) is 1.75. The van der Waals surface area contributed by atoms with Gasteiger partial charge in [0.1, 0.15) is 6.04 Å². The number of fused-ring (bicyclic) bond motifs is 1. The average molecular weight is 574 g/mol. The van der Waals surface area contributed by atoms with Crippen molar-refractivity contribution >= 4 is 46.8 Å².